The molecule has 9 heteroatoms. The lowest BCUT2D eigenvalue weighted by Crippen LogP contribution is -2.19. The molecule has 0 unspecified atom stereocenters. The molecule has 0 aromatic carbocycles. The number of rotatable bonds is 8. The summed E-state index contributed by atoms with van der Waals surface area (Å²) in [6, 6.07) is 0. The fourth-order valence-electron chi connectivity index (χ4n) is 7.78. The quantitative estimate of drug-likeness (QED) is 0.250. The summed E-state index contributed by atoms with van der Waals surface area (Å²) >= 11 is 0. The number of aliphatic hydroxyl groups is 1. The maximum absolute atomic E-state index is 13.7. The molecule has 0 aromatic rings. The van der Waals surface area contributed by atoms with Gasteiger partial charge in [-0.05, 0) is 80.4 Å². The molecule has 47 heavy (non-hydrogen) atoms. The Morgan fingerprint density at radius 3 is 2.40 bits per heavy atom. The van der Waals surface area contributed by atoms with E-state index in [1.807, 2.05) is 26.8 Å². The van der Waals surface area contributed by atoms with Gasteiger partial charge in [0.15, 0.2) is 12.1 Å². The van der Waals surface area contributed by atoms with E-state index in [1.54, 1.807) is 13.0 Å². The van der Waals surface area contributed by atoms with E-state index in [0.29, 0.717) is 70.2 Å². The van der Waals surface area contributed by atoms with Crippen LogP contribution in [-0.2, 0) is 19.1 Å². The Morgan fingerprint density at radius 2 is 1.77 bits per heavy atom. The average Bonchev–Trinajstić information content (AvgIpc) is 3.79. The number of fused-ring (bicyclic) bond motifs is 4. The summed E-state index contributed by atoms with van der Waals surface area (Å²) in [5, 5.41) is 11.0. The van der Waals surface area contributed by atoms with Crippen molar-refractivity contribution in [2.24, 2.45) is 37.7 Å². The number of carbonyl (C=O) groups excluding carboxylic acids is 3. The normalized spacial score (nSPS) is 24.3. The number of hydrogen-bond acceptors (Lipinski definition) is 9. The molecule has 0 aromatic heterocycles. The third-order valence-electron chi connectivity index (χ3n) is 10.0. The maximum atomic E-state index is 13.7. The number of methoxy groups -OCH3 is 1. The number of carbonyl (C=O) groups is 3. The number of ketones is 1. The smallest absolute Gasteiger partial charge is 0.305 e. The predicted molar refractivity (Wildman–Crippen MR) is 183 cm³/mol. The van der Waals surface area contributed by atoms with E-state index in [2.05, 4.69) is 20.8 Å². The van der Waals surface area contributed by atoms with Crippen molar-refractivity contribution < 1.29 is 24.2 Å². The molecule has 5 aliphatic heterocycles. The first-order valence-electron chi connectivity index (χ1n) is 16.5. The molecule has 9 nitrogen and oxygen atoms in total. The average molecular weight is 635 g/mol. The number of aliphatic hydroxyl groups excluding tert-OH is 1. The summed E-state index contributed by atoms with van der Waals surface area (Å²) in [5.74, 6) is -0.250. The second-order valence-corrected chi connectivity index (χ2v) is 13.5. The van der Waals surface area contributed by atoms with Crippen molar-refractivity contribution in [2.45, 2.75) is 86.7 Å². The minimum absolute atomic E-state index is 0.0107. The van der Waals surface area contributed by atoms with Crippen LogP contribution in [0.3, 0.4) is 0 Å². The second kappa shape index (κ2) is 12.3. The lowest BCUT2D eigenvalue weighted by Gasteiger charge is -2.19. The Bertz CT molecular complexity index is 1880. The largest absolute Gasteiger partial charge is 0.469 e. The number of allylic oxidation sites excluding steroid dienone is 10. The number of aldehydes is 1. The highest BCUT2D eigenvalue weighted by Crippen LogP contribution is 2.46. The van der Waals surface area contributed by atoms with Crippen molar-refractivity contribution in [3.63, 3.8) is 0 Å². The molecule has 0 radical (unpaired) electrons. The molecule has 244 valence electrons. The molecule has 1 N–H and O–H groups in total. The molecule has 1 saturated carbocycles. The number of hydrogen-bond donors (Lipinski definition) is 1. The standard InChI is InChI=1S/C38H42N4O5/c1-9-22-27-14-28-24(12-17(2)3)26(16-43)29(39-28)15-30-33(21(7)44)19(5)36(41-30)20(6)35-18(4)23(10-11-32(46)47-8)37(42-35)25-13-31(45)34(22)38(25)40-27/h14-18,21,23,44H,9-13H2,1-8H3/t18-,21-,23-/m0/s1. The zero-order valence-corrected chi connectivity index (χ0v) is 28.4. The van der Waals surface area contributed by atoms with Gasteiger partial charge in [0.2, 0.25) is 0 Å². The van der Waals surface area contributed by atoms with Crippen LogP contribution in [0.4, 0.5) is 0 Å². The summed E-state index contributed by atoms with van der Waals surface area (Å²) < 4.78 is 4.98. The Balaban J connectivity index is 1.68. The highest BCUT2D eigenvalue weighted by molar-refractivity contribution is 6.38. The van der Waals surface area contributed by atoms with Crippen LogP contribution in [-0.4, -0.2) is 59.2 Å². The zero-order chi connectivity index (χ0) is 33.9. The molecule has 1 fully saturated rings. The van der Waals surface area contributed by atoms with Gasteiger partial charge in [0.25, 0.3) is 0 Å². The van der Waals surface area contributed by atoms with Crippen LogP contribution in [0.5, 0.6) is 0 Å². The van der Waals surface area contributed by atoms with Crippen molar-refractivity contribution >= 4 is 40.9 Å². The SMILES string of the molecule is CCC1=C2C(=O)CC3=C4N=C(C(C)=C5N=C(C=C6N=C(C=C1N=C32)C(CC(C)C)=C6C=O)C([C@H](C)O)=C5C)[C@@H](C)[C@@H]4CCC(=O)OC. The van der Waals surface area contributed by atoms with Crippen molar-refractivity contribution in [3.8, 4) is 0 Å². The van der Waals surface area contributed by atoms with Crippen molar-refractivity contribution in [1.82, 2.24) is 0 Å². The zero-order valence-electron chi connectivity index (χ0n) is 28.4. The van der Waals surface area contributed by atoms with E-state index in [4.69, 9.17) is 24.7 Å². The molecule has 1 aliphatic carbocycles. The van der Waals surface area contributed by atoms with Crippen LogP contribution in [0.2, 0.25) is 0 Å². The summed E-state index contributed by atoms with van der Waals surface area (Å²) in [4.78, 5) is 59.1. The van der Waals surface area contributed by atoms with Gasteiger partial charge in [-0.15, -0.1) is 0 Å². The molecule has 6 rings (SSSR count). The van der Waals surface area contributed by atoms with Gasteiger partial charge in [-0.2, -0.15) is 0 Å². The Labute approximate surface area is 275 Å². The lowest BCUT2D eigenvalue weighted by molar-refractivity contribution is -0.140. The first-order chi connectivity index (χ1) is 22.4. The minimum atomic E-state index is -0.816. The molecule has 0 amide bonds. The predicted octanol–water partition coefficient (Wildman–Crippen LogP) is 6.24. The van der Waals surface area contributed by atoms with Gasteiger partial charge in [-0.3, -0.25) is 19.4 Å². The van der Waals surface area contributed by atoms with Gasteiger partial charge in [0.05, 0.1) is 53.1 Å². The highest BCUT2D eigenvalue weighted by atomic mass is 16.5. The van der Waals surface area contributed by atoms with E-state index in [9.17, 15) is 19.5 Å². The Morgan fingerprint density at radius 1 is 1.04 bits per heavy atom. The Hall–Kier alpha value is -4.37. The van der Waals surface area contributed by atoms with Gasteiger partial charge in [0, 0.05) is 52.7 Å². The highest BCUT2D eigenvalue weighted by Gasteiger charge is 2.44. The summed E-state index contributed by atoms with van der Waals surface area (Å²) in [5.41, 5.74) is 11.3. The number of ether oxygens (including phenoxy) is 1. The third-order valence-corrected chi connectivity index (χ3v) is 10.0. The summed E-state index contributed by atoms with van der Waals surface area (Å²) in [6.45, 7) is 14.0. The van der Waals surface area contributed by atoms with E-state index < -0.39 is 6.10 Å². The van der Waals surface area contributed by atoms with Crippen LogP contribution in [0.25, 0.3) is 0 Å². The van der Waals surface area contributed by atoms with Crippen LogP contribution < -0.4 is 0 Å². The molecule has 3 atom stereocenters. The molecule has 0 saturated heterocycles. The second-order valence-electron chi connectivity index (χ2n) is 13.5. The van der Waals surface area contributed by atoms with E-state index in [0.717, 1.165) is 45.6 Å². The molecular formula is C38H42N4O5. The van der Waals surface area contributed by atoms with Crippen molar-refractivity contribution in [1.29, 1.82) is 0 Å². The van der Waals surface area contributed by atoms with Gasteiger partial charge in [-0.1, -0.05) is 27.7 Å². The number of aliphatic imine (C=N–C) groups is 4. The van der Waals surface area contributed by atoms with E-state index in [-0.39, 0.29) is 42.3 Å². The van der Waals surface area contributed by atoms with Crippen LogP contribution in [0.1, 0.15) is 80.6 Å². The van der Waals surface area contributed by atoms with Crippen LogP contribution in [0, 0.1) is 17.8 Å². The molecular weight excluding hydrogens is 592 g/mol. The number of Topliss-reactive ketones (excluding diaryl/α,β-unsaturated/α-hetero) is 1. The van der Waals surface area contributed by atoms with Gasteiger partial charge < -0.3 is 9.84 Å². The molecule has 0 spiro atoms. The van der Waals surface area contributed by atoms with Crippen molar-refractivity contribution in [2.75, 3.05) is 7.11 Å². The minimum Gasteiger partial charge on any atom is -0.469 e. The van der Waals surface area contributed by atoms with Gasteiger partial charge in [0.1, 0.15) is 0 Å². The summed E-state index contributed by atoms with van der Waals surface area (Å²) in [7, 11) is 1.39. The molecule has 5 heterocycles. The van der Waals surface area contributed by atoms with Gasteiger partial charge in [-0.25, -0.2) is 15.0 Å². The first kappa shape index (κ1) is 32.6. The lowest BCUT2D eigenvalue weighted by atomic mass is 9.83. The number of esters is 1. The summed E-state index contributed by atoms with van der Waals surface area (Å²) in [6.07, 6.45) is 5.90. The van der Waals surface area contributed by atoms with E-state index >= 15 is 0 Å². The molecule has 8 bridgehead atoms. The maximum Gasteiger partial charge on any atom is 0.305 e. The van der Waals surface area contributed by atoms with Crippen molar-refractivity contribution in [3.05, 3.63) is 79.5 Å². The first-order valence-corrected chi connectivity index (χ1v) is 16.5. The topological polar surface area (TPSA) is 130 Å². The third kappa shape index (κ3) is 5.34. The Kier molecular flexibility index (Phi) is 8.55. The fraction of sp³-hybridized carbons (Fsp3) is 0.447. The molecule has 6 aliphatic rings. The van der Waals surface area contributed by atoms with Crippen LogP contribution in [0.15, 0.2) is 99.5 Å². The van der Waals surface area contributed by atoms with Crippen LogP contribution >= 0.6 is 0 Å². The monoisotopic (exact) mass is 634 g/mol. The fourth-order valence-corrected chi connectivity index (χ4v) is 7.78. The van der Waals surface area contributed by atoms with E-state index in [1.165, 1.54) is 7.11 Å². The number of nitrogens with zero attached hydrogens (tertiary/aromatic N) is 4. The van der Waals surface area contributed by atoms with Gasteiger partial charge >= 0.3 is 5.97 Å².